The third kappa shape index (κ3) is 2.58. The molecule has 0 spiro atoms. The van der Waals surface area contributed by atoms with Crippen molar-refractivity contribution in [2.75, 3.05) is 50.6 Å². The molecule has 2 saturated heterocycles. The number of nitrogens with zero attached hydrogens (tertiary/aromatic N) is 4. The average molecular weight is 291 g/mol. The molecule has 0 unspecified atom stereocenters. The number of hydrogen-bond donors (Lipinski definition) is 2. The van der Waals surface area contributed by atoms with E-state index >= 15 is 0 Å². The zero-order valence-electron chi connectivity index (χ0n) is 12.9. The molecule has 21 heavy (non-hydrogen) atoms. The van der Waals surface area contributed by atoms with Crippen LogP contribution in [-0.4, -0.2) is 66.4 Å². The van der Waals surface area contributed by atoms with Crippen LogP contribution in [0.4, 0.5) is 11.8 Å². The maximum absolute atomic E-state index is 9.95. The van der Waals surface area contributed by atoms with E-state index in [-0.39, 0.29) is 12.0 Å². The van der Waals surface area contributed by atoms with Crippen molar-refractivity contribution in [3.8, 4) is 0 Å². The predicted molar refractivity (Wildman–Crippen MR) is 83.6 cm³/mol. The van der Waals surface area contributed by atoms with Gasteiger partial charge in [0.05, 0.1) is 6.61 Å². The highest BCUT2D eigenvalue weighted by Crippen LogP contribution is 2.42. The number of likely N-dealkylation sites (N-methyl/N-ethyl adjacent to an activating group) is 1. The summed E-state index contributed by atoms with van der Waals surface area (Å²) < 4.78 is 0. The number of aromatic nitrogens is 2. The molecule has 6 nitrogen and oxygen atoms in total. The van der Waals surface area contributed by atoms with E-state index in [2.05, 4.69) is 32.1 Å². The molecule has 116 valence electrons. The fourth-order valence-electron chi connectivity index (χ4n) is 3.84. The summed E-state index contributed by atoms with van der Waals surface area (Å²) in [5.74, 6) is 1.63. The number of aliphatic hydroxyl groups excluding tert-OH is 1. The smallest absolute Gasteiger partial charge is 0.227 e. The van der Waals surface area contributed by atoms with Crippen LogP contribution >= 0.6 is 0 Å². The van der Waals surface area contributed by atoms with Crippen LogP contribution in [0.3, 0.4) is 0 Å². The first kappa shape index (κ1) is 14.5. The molecule has 2 aliphatic rings. The predicted octanol–water partition coefficient (Wildman–Crippen LogP) is 0.801. The highest BCUT2D eigenvalue weighted by Gasteiger charge is 2.46. The zero-order chi connectivity index (χ0) is 14.9. The van der Waals surface area contributed by atoms with Gasteiger partial charge in [-0.2, -0.15) is 4.98 Å². The number of nitrogens with one attached hydrogen (secondary N) is 1. The van der Waals surface area contributed by atoms with E-state index in [1.165, 1.54) is 6.42 Å². The lowest BCUT2D eigenvalue weighted by Gasteiger charge is -2.53. The van der Waals surface area contributed by atoms with Crippen LogP contribution in [0.2, 0.25) is 0 Å². The first-order valence-electron chi connectivity index (χ1n) is 7.75. The molecule has 0 aromatic carbocycles. The molecule has 0 bridgehead atoms. The third-order valence-corrected chi connectivity index (χ3v) is 5.19. The fourth-order valence-corrected chi connectivity index (χ4v) is 3.84. The summed E-state index contributed by atoms with van der Waals surface area (Å²) in [6, 6.07) is 2.25. The summed E-state index contributed by atoms with van der Waals surface area (Å²) in [5.41, 5.74) is 0.0596. The highest BCUT2D eigenvalue weighted by atomic mass is 16.3. The van der Waals surface area contributed by atoms with Gasteiger partial charge in [0.1, 0.15) is 5.82 Å². The average Bonchev–Trinajstić information content (AvgIpc) is 2.55. The van der Waals surface area contributed by atoms with Gasteiger partial charge >= 0.3 is 0 Å². The first-order chi connectivity index (χ1) is 10.2. The molecule has 0 amide bonds. The second-order valence-corrected chi connectivity index (χ2v) is 6.31. The van der Waals surface area contributed by atoms with Gasteiger partial charge < -0.3 is 20.2 Å². The molecule has 2 N–H and O–H groups in total. The largest absolute Gasteiger partial charge is 0.396 e. The molecule has 1 aromatic rings. The Balaban J connectivity index is 1.81. The van der Waals surface area contributed by atoms with Gasteiger partial charge in [-0.05, 0) is 38.9 Å². The number of piperidine rings is 2. The number of rotatable bonds is 3. The van der Waals surface area contributed by atoms with Crippen molar-refractivity contribution in [2.24, 2.45) is 5.41 Å². The van der Waals surface area contributed by atoms with Gasteiger partial charge in [-0.3, -0.25) is 0 Å². The van der Waals surface area contributed by atoms with Crippen LogP contribution in [0, 0.1) is 5.41 Å². The van der Waals surface area contributed by atoms with Crippen molar-refractivity contribution in [1.29, 1.82) is 0 Å². The summed E-state index contributed by atoms with van der Waals surface area (Å²) in [6.45, 7) is 3.20. The Morgan fingerprint density at radius 2 is 2.29 bits per heavy atom. The van der Waals surface area contributed by atoms with Gasteiger partial charge in [0.25, 0.3) is 0 Å². The summed E-state index contributed by atoms with van der Waals surface area (Å²) in [6.07, 6.45) is 5.11. The van der Waals surface area contributed by atoms with E-state index in [0.29, 0.717) is 6.04 Å². The fraction of sp³-hybridized carbons (Fsp3) is 0.733. The molecule has 0 aliphatic carbocycles. The van der Waals surface area contributed by atoms with Crippen molar-refractivity contribution in [1.82, 2.24) is 14.9 Å². The van der Waals surface area contributed by atoms with Crippen molar-refractivity contribution in [2.45, 2.75) is 25.3 Å². The van der Waals surface area contributed by atoms with E-state index in [1.54, 1.807) is 6.20 Å². The second kappa shape index (κ2) is 5.77. The van der Waals surface area contributed by atoms with E-state index in [9.17, 15) is 5.11 Å². The van der Waals surface area contributed by atoms with Gasteiger partial charge in [0.2, 0.25) is 5.95 Å². The van der Waals surface area contributed by atoms with Crippen molar-refractivity contribution >= 4 is 11.8 Å². The van der Waals surface area contributed by atoms with Gasteiger partial charge in [0, 0.05) is 37.8 Å². The molecule has 2 aliphatic heterocycles. The van der Waals surface area contributed by atoms with Gasteiger partial charge in [-0.15, -0.1) is 0 Å². The first-order valence-corrected chi connectivity index (χ1v) is 7.75. The molecule has 0 radical (unpaired) electrons. The number of likely N-dealkylation sites (tertiary alicyclic amines) is 1. The van der Waals surface area contributed by atoms with E-state index < -0.39 is 0 Å². The monoisotopic (exact) mass is 291 g/mol. The molecule has 2 fully saturated rings. The minimum absolute atomic E-state index is 0.0596. The Morgan fingerprint density at radius 1 is 1.43 bits per heavy atom. The van der Waals surface area contributed by atoms with Crippen LogP contribution in [0.15, 0.2) is 12.3 Å². The quantitative estimate of drug-likeness (QED) is 0.859. The number of hydrogen-bond acceptors (Lipinski definition) is 6. The second-order valence-electron chi connectivity index (χ2n) is 6.31. The molecule has 1 aromatic heterocycles. The van der Waals surface area contributed by atoms with Gasteiger partial charge in [-0.25, -0.2) is 4.98 Å². The molecule has 6 heteroatoms. The van der Waals surface area contributed by atoms with E-state index in [0.717, 1.165) is 44.2 Å². The molecule has 0 saturated carbocycles. The molecule has 2 atom stereocenters. The third-order valence-electron chi connectivity index (χ3n) is 5.19. The lowest BCUT2D eigenvalue weighted by Crippen LogP contribution is -2.61. The zero-order valence-corrected chi connectivity index (χ0v) is 12.9. The van der Waals surface area contributed by atoms with Crippen LogP contribution in [0.25, 0.3) is 0 Å². The normalized spacial score (nSPS) is 30.0. The van der Waals surface area contributed by atoms with Crippen LogP contribution in [0.1, 0.15) is 19.3 Å². The van der Waals surface area contributed by atoms with Crippen molar-refractivity contribution in [3.05, 3.63) is 12.3 Å². The lowest BCUT2D eigenvalue weighted by molar-refractivity contribution is -0.0278. The summed E-state index contributed by atoms with van der Waals surface area (Å²) in [4.78, 5) is 13.6. The van der Waals surface area contributed by atoms with Crippen molar-refractivity contribution < 1.29 is 5.11 Å². The summed E-state index contributed by atoms with van der Waals surface area (Å²) in [5, 5.41) is 13.0. The molecular weight excluding hydrogens is 266 g/mol. The summed E-state index contributed by atoms with van der Waals surface area (Å²) in [7, 11) is 4.04. The topological polar surface area (TPSA) is 64.5 Å². The maximum atomic E-state index is 9.95. The molecule has 3 rings (SSSR count). The van der Waals surface area contributed by atoms with E-state index in [1.807, 2.05) is 13.1 Å². The van der Waals surface area contributed by atoms with Gasteiger partial charge in [-0.1, -0.05) is 0 Å². The Hall–Kier alpha value is -1.40. The number of aliphatic hydroxyl groups is 1. The standard InChI is InChI=1S/C15H25N5O/c1-16-13-4-7-17-14(18-13)20-9-6-15(11-21)5-3-8-19(2)12(15)10-20/h4,7,12,21H,3,5-6,8-11H2,1-2H3,(H,16,17,18)/t12-,15-/m1/s1. The van der Waals surface area contributed by atoms with Crippen molar-refractivity contribution in [3.63, 3.8) is 0 Å². The molecule has 3 heterocycles. The minimum atomic E-state index is 0.0596. The van der Waals surface area contributed by atoms with Gasteiger partial charge in [0.15, 0.2) is 0 Å². The Kier molecular flexibility index (Phi) is 3.99. The van der Waals surface area contributed by atoms with E-state index in [4.69, 9.17) is 0 Å². The van der Waals surface area contributed by atoms with Crippen LogP contribution in [-0.2, 0) is 0 Å². The molecular formula is C15H25N5O. The maximum Gasteiger partial charge on any atom is 0.227 e. The Bertz CT molecular complexity index is 497. The Morgan fingerprint density at radius 3 is 3.05 bits per heavy atom. The number of anilines is 2. The SMILES string of the molecule is CNc1ccnc(N2CC[C@@]3(CO)CCCN(C)[C@@H]3C2)n1. The highest BCUT2D eigenvalue weighted by molar-refractivity contribution is 5.41. The van der Waals surface area contributed by atoms with Crippen LogP contribution < -0.4 is 10.2 Å². The number of fused-ring (bicyclic) bond motifs is 1. The minimum Gasteiger partial charge on any atom is -0.396 e. The van der Waals surface area contributed by atoms with Crippen LogP contribution in [0.5, 0.6) is 0 Å². The summed E-state index contributed by atoms with van der Waals surface area (Å²) >= 11 is 0. The lowest BCUT2D eigenvalue weighted by atomic mass is 9.69. The Labute approximate surface area is 126 Å².